The second-order valence-electron chi connectivity index (χ2n) is 7.48. The molecule has 4 rings (SSSR count). The average molecular weight is 378 g/mol. The number of aromatic nitrogens is 2. The number of aromatic amines is 1. The van der Waals surface area contributed by atoms with Gasteiger partial charge in [0, 0.05) is 17.6 Å². The third-order valence-electron chi connectivity index (χ3n) is 5.49. The first-order valence-electron chi connectivity index (χ1n) is 9.79. The molecule has 28 heavy (non-hydrogen) atoms. The van der Waals surface area contributed by atoms with Gasteiger partial charge in [-0.2, -0.15) is 0 Å². The van der Waals surface area contributed by atoms with Crippen LogP contribution in [0.3, 0.4) is 0 Å². The van der Waals surface area contributed by atoms with E-state index in [2.05, 4.69) is 21.7 Å². The number of carbonyl (C=O) groups excluding carboxylic acids is 1. The molecule has 146 valence electrons. The van der Waals surface area contributed by atoms with Crippen LogP contribution in [0.1, 0.15) is 43.0 Å². The quantitative estimate of drug-likeness (QED) is 0.614. The molecule has 2 aromatic carbocycles. The topological polar surface area (TPSA) is 79.0 Å². The number of amides is 2. The zero-order chi connectivity index (χ0) is 19.5. The fourth-order valence-corrected chi connectivity index (χ4v) is 3.98. The molecule has 1 aliphatic rings. The highest BCUT2D eigenvalue weighted by atomic mass is 16.5. The molecular weight excluding hydrogens is 352 g/mol. The molecule has 0 bridgehead atoms. The molecule has 1 aromatic heterocycles. The van der Waals surface area contributed by atoms with Gasteiger partial charge in [0.25, 0.3) is 0 Å². The second kappa shape index (κ2) is 7.92. The molecule has 1 heterocycles. The average Bonchev–Trinajstić information content (AvgIpc) is 3.14. The Bertz CT molecular complexity index is 949. The summed E-state index contributed by atoms with van der Waals surface area (Å²) in [5.41, 5.74) is 3.84. The largest absolute Gasteiger partial charge is 0.497 e. The Kier molecular flexibility index (Phi) is 5.19. The van der Waals surface area contributed by atoms with Gasteiger partial charge in [-0.15, -0.1) is 0 Å². The molecule has 1 aliphatic carbocycles. The van der Waals surface area contributed by atoms with Gasteiger partial charge in [0.2, 0.25) is 0 Å². The molecule has 6 heteroatoms. The SMILES string of the molecule is COc1ccc(NC(=O)N[C@@H]2CCCC(c3nc4ccccc4[nH]3)C2)c(C)c1. The number of rotatable bonds is 4. The van der Waals surface area contributed by atoms with E-state index in [-0.39, 0.29) is 12.1 Å². The standard InChI is InChI=1S/C22H26N4O2/c1-14-12-17(28-2)10-11-18(14)26-22(27)23-16-7-5-6-15(13-16)21-24-19-8-3-4-9-20(19)25-21/h3-4,8-12,15-16H,5-7,13H2,1-2H3,(H,24,25)(H2,23,26,27)/t15?,16-/m1/s1. The molecule has 0 spiro atoms. The monoisotopic (exact) mass is 378 g/mol. The minimum absolute atomic E-state index is 0.144. The van der Waals surface area contributed by atoms with Crippen molar-refractivity contribution in [3.8, 4) is 5.75 Å². The Labute approximate surface area is 164 Å². The number of aryl methyl sites for hydroxylation is 1. The van der Waals surface area contributed by atoms with Crippen LogP contribution < -0.4 is 15.4 Å². The first-order chi connectivity index (χ1) is 13.6. The maximum Gasteiger partial charge on any atom is 0.319 e. The molecule has 2 amide bonds. The fraction of sp³-hybridized carbons (Fsp3) is 0.364. The maximum atomic E-state index is 12.5. The molecule has 1 saturated carbocycles. The van der Waals surface area contributed by atoms with Crippen LogP contribution >= 0.6 is 0 Å². The van der Waals surface area contributed by atoms with E-state index in [0.717, 1.165) is 59.5 Å². The number of ether oxygens (including phenoxy) is 1. The summed E-state index contributed by atoms with van der Waals surface area (Å²) in [4.78, 5) is 20.7. The first-order valence-corrected chi connectivity index (χ1v) is 9.79. The predicted molar refractivity (Wildman–Crippen MR) is 111 cm³/mol. The Balaban J connectivity index is 1.38. The Morgan fingerprint density at radius 1 is 1.21 bits per heavy atom. The number of nitrogens with zero attached hydrogens (tertiary/aromatic N) is 1. The van der Waals surface area contributed by atoms with Gasteiger partial charge in [0.15, 0.2) is 0 Å². The van der Waals surface area contributed by atoms with Gasteiger partial charge in [0.1, 0.15) is 11.6 Å². The molecule has 6 nitrogen and oxygen atoms in total. The number of H-pyrrole nitrogens is 1. The smallest absolute Gasteiger partial charge is 0.319 e. The highest BCUT2D eigenvalue weighted by Crippen LogP contribution is 2.32. The Hall–Kier alpha value is -3.02. The van der Waals surface area contributed by atoms with Crippen LogP contribution in [0.25, 0.3) is 11.0 Å². The minimum Gasteiger partial charge on any atom is -0.497 e. The zero-order valence-electron chi connectivity index (χ0n) is 16.3. The van der Waals surface area contributed by atoms with Crippen molar-refractivity contribution in [1.29, 1.82) is 0 Å². The summed E-state index contributed by atoms with van der Waals surface area (Å²) in [5.74, 6) is 2.15. The number of benzene rings is 2. The van der Waals surface area contributed by atoms with Gasteiger partial charge in [-0.25, -0.2) is 9.78 Å². The van der Waals surface area contributed by atoms with Crippen molar-refractivity contribution in [2.24, 2.45) is 0 Å². The summed E-state index contributed by atoms with van der Waals surface area (Å²) in [5, 5.41) is 6.09. The summed E-state index contributed by atoms with van der Waals surface area (Å²) in [6, 6.07) is 13.7. The lowest BCUT2D eigenvalue weighted by Crippen LogP contribution is -2.40. The van der Waals surface area contributed by atoms with Crippen molar-refractivity contribution < 1.29 is 9.53 Å². The van der Waals surface area contributed by atoms with E-state index in [0.29, 0.717) is 5.92 Å². The van der Waals surface area contributed by atoms with E-state index < -0.39 is 0 Å². The Morgan fingerprint density at radius 3 is 2.86 bits per heavy atom. The van der Waals surface area contributed by atoms with Crippen molar-refractivity contribution in [2.75, 3.05) is 12.4 Å². The second-order valence-corrected chi connectivity index (χ2v) is 7.48. The van der Waals surface area contributed by atoms with Crippen LogP contribution in [0.4, 0.5) is 10.5 Å². The Morgan fingerprint density at radius 2 is 2.07 bits per heavy atom. The summed E-state index contributed by atoms with van der Waals surface area (Å²) >= 11 is 0. The van der Waals surface area contributed by atoms with Gasteiger partial charge in [0.05, 0.1) is 18.1 Å². The molecule has 3 aromatic rings. The molecule has 0 aliphatic heterocycles. The third-order valence-corrected chi connectivity index (χ3v) is 5.49. The normalized spacial score (nSPS) is 19.4. The van der Waals surface area contributed by atoms with Crippen LogP contribution in [-0.2, 0) is 0 Å². The van der Waals surface area contributed by atoms with Crippen LogP contribution in [0.15, 0.2) is 42.5 Å². The van der Waals surface area contributed by atoms with E-state index in [1.54, 1.807) is 7.11 Å². The van der Waals surface area contributed by atoms with Crippen molar-refractivity contribution >= 4 is 22.8 Å². The van der Waals surface area contributed by atoms with E-state index >= 15 is 0 Å². The van der Waals surface area contributed by atoms with Gasteiger partial charge in [-0.05, 0) is 62.1 Å². The van der Waals surface area contributed by atoms with Crippen LogP contribution in [0.2, 0.25) is 0 Å². The molecular formula is C22H26N4O2. The minimum atomic E-state index is -0.163. The van der Waals surface area contributed by atoms with Crippen molar-refractivity contribution in [2.45, 2.75) is 44.6 Å². The molecule has 0 saturated heterocycles. The van der Waals surface area contributed by atoms with E-state index in [9.17, 15) is 4.79 Å². The first kappa shape index (κ1) is 18.3. The number of imidazole rings is 1. The number of fused-ring (bicyclic) bond motifs is 1. The lowest BCUT2D eigenvalue weighted by Gasteiger charge is -2.28. The number of hydrogen-bond donors (Lipinski definition) is 3. The molecule has 2 atom stereocenters. The van der Waals surface area contributed by atoms with E-state index in [4.69, 9.17) is 9.72 Å². The van der Waals surface area contributed by atoms with E-state index in [1.807, 2.05) is 43.3 Å². The fourth-order valence-electron chi connectivity index (χ4n) is 3.98. The number of nitrogens with one attached hydrogen (secondary N) is 3. The maximum absolute atomic E-state index is 12.5. The van der Waals surface area contributed by atoms with Crippen molar-refractivity contribution in [3.05, 3.63) is 53.9 Å². The number of urea groups is 1. The summed E-state index contributed by atoms with van der Waals surface area (Å²) in [6.45, 7) is 1.95. The van der Waals surface area contributed by atoms with Gasteiger partial charge >= 0.3 is 6.03 Å². The molecule has 3 N–H and O–H groups in total. The highest BCUT2D eigenvalue weighted by Gasteiger charge is 2.26. The number of anilines is 1. The number of methoxy groups -OCH3 is 1. The summed E-state index contributed by atoms with van der Waals surface area (Å²) in [7, 11) is 1.64. The molecule has 0 radical (unpaired) electrons. The van der Waals surface area contributed by atoms with Crippen LogP contribution in [0.5, 0.6) is 5.75 Å². The van der Waals surface area contributed by atoms with Gasteiger partial charge in [-0.3, -0.25) is 0 Å². The lowest BCUT2D eigenvalue weighted by atomic mass is 9.85. The zero-order valence-corrected chi connectivity index (χ0v) is 16.3. The lowest BCUT2D eigenvalue weighted by molar-refractivity contribution is 0.241. The molecule has 1 fully saturated rings. The molecule has 1 unspecified atom stereocenters. The summed E-state index contributed by atoms with van der Waals surface area (Å²) < 4.78 is 5.21. The van der Waals surface area contributed by atoms with Crippen molar-refractivity contribution in [1.82, 2.24) is 15.3 Å². The van der Waals surface area contributed by atoms with Gasteiger partial charge < -0.3 is 20.4 Å². The predicted octanol–water partition coefficient (Wildman–Crippen LogP) is 4.73. The number of carbonyl (C=O) groups is 1. The number of hydrogen-bond acceptors (Lipinski definition) is 3. The van der Waals surface area contributed by atoms with Crippen LogP contribution in [0, 0.1) is 6.92 Å². The summed E-state index contributed by atoms with van der Waals surface area (Å²) in [6.07, 6.45) is 4.06. The van der Waals surface area contributed by atoms with Gasteiger partial charge in [-0.1, -0.05) is 18.6 Å². The highest BCUT2D eigenvalue weighted by molar-refractivity contribution is 5.90. The van der Waals surface area contributed by atoms with Crippen molar-refractivity contribution in [3.63, 3.8) is 0 Å². The van der Waals surface area contributed by atoms with E-state index in [1.165, 1.54) is 0 Å². The third kappa shape index (κ3) is 3.96. The van der Waals surface area contributed by atoms with Crippen LogP contribution in [-0.4, -0.2) is 29.2 Å². The number of para-hydroxylation sites is 2.